The first-order valence-electron chi connectivity index (χ1n) is 9.76. The van der Waals surface area contributed by atoms with E-state index in [0.29, 0.717) is 31.9 Å². The van der Waals surface area contributed by atoms with Crippen LogP contribution in [-0.4, -0.2) is 57.1 Å². The Kier molecular flexibility index (Phi) is 6.27. The average Bonchev–Trinajstić information content (AvgIpc) is 3.15. The lowest BCUT2D eigenvalue weighted by atomic mass is 10.1. The van der Waals surface area contributed by atoms with Gasteiger partial charge in [-0.25, -0.2) is 0 Å². The van der Waals surface area contributed by atoms with Crippen LogP contribution >= 0.6 is 11.8 Å². The molecule has 29 heavy (non-hydrogen) atoms. The van der Waals surface area contributed by atoms with Crippen molar-refractivity contribution < 1.29 is 9.53 Å². The maximum absolute atomic E-state index is 12.7. The molecular formula is C22H24N4O2S. The highest BCUT2D eigenvalue weighted by Crippen LogP contribution is 2.24. The van der Waals surface area contributed by atoms with E-state index in [1.807, 2.05) is 64.9 Å². The molecule has 150 valence electrons. The largest absolute Gasteiger partial charge is 0.375 e. The molecule has 1 saturated heterocycles. The van der Waals surface area contributed by atoms with Gasteiger partial charge >= 0.3 is 0 Å². The number of hydrogen-bond acceptors (Lipinski definition) is 5. The van der Waals surface area contributed by atoms with Crippen LogP contribution in [0.25, 0.3) is 5.69 Å². The number of rotatable bonds is 6. The molecule has 7 heteroatoms. The van der Waals surface area contributed by atoms with E-state index in [2.05, 4.69) is 22.3 Å². The van der Waals surface area contributed by atoms with Gasteiger partial charge < -0.3 is 9.64 Å². The molecule has 1 fully saturated rings. The molecule has 6 nitrogen and oxygen atoms in total. The molecule has 0 aliphatic carbocycles. The molecule has 0 saturated carbocycles. The lowest BCUT2D eigenvalue weighted by molar-refractivity contribution is -0.135. The summed E-state index contributed by atoms with van der Waals surface area (Å²) in [6, 6.07) is 20.3. The summed E-state index contributed by atoms with van der Waals surface area (Å²) < 4.78 is 7.58. The van der Waals surface area contributed by atoms with E-state index in [1.54, 1.807) is 0 Å². The van der Waals surface area contributed by atoms with E-state index in [9.17, 15) is 4.79 Å². The summed E-state index contributed by atoms with van der Waals surface area (Å²) in [6.07, 6.45) is 0.765. The van der Waals surface area contributed by atoms with Gasteiger partial charge in [0.05, 0.1) is 18.5 Å². The smallest absolute Gasteiger partial charge is 0.233 e. The summed E-state index contributed by atoms with van der Waals surface area (Å²) in [5.74, 6) is 1.30. The van der Waals surface area contributed by atoms with Gasteiger partial charge in [0.1, 0.15) is 5.82 Å². The molecule has 0 bridgehead atoms. The number of nitrogens with zero attached hydrogens (tertiary/aromatic N) is 4. The van der Waals surface area contributed by atoms with Crippen molar-refractivity contribution in [3.8, 4) is 5.69 Å². The van der Waals surface area contributed by atoms with Gasteiger partial charge in [0.25, 0.3) is 0 Å². The maximum Gasteiger partial charge on any atom is 0.233 e. The third kappa shape index (κ3) is 4.86. The van der Waals surface area contributed by atoms with Crippen LogP contribution in [0.5, 0.6) is 0 Å². The van der Waals surface area contributed by atoms with E-state index in [-0.39, 0.29) is 12.0 Å². The van der Waals surface area contributed by atoms with E-state index in [1.165, 1.54) is 17.3 Å². The number of aromatic nitrogens is 3. The van der Waals surface area contributed by atoms with Crippen LogP contribution in [0.15, 0.2) is 65.8 Å². The molecule has 2 heterocycles. The Hall–Kier alpha value is -2.64. The summed E-state index contributed by atoms with van der Waals surface area (Å²) in [6.45, 7) is 3.88. The lowest BCUT2D eigenvalue weighted by Crippen LogP contribution is -2.45. The Morgan fingerprint density at radius 2 is 1.83 bits per heavy atom. The van der Waals surface area contributed by atoms with Gasteiger partial charge in [-0.05, 0) is 24.6 Å². The van der Waals surface area contributed by atoms with Gasteiger partial charge in [0.2, 0.25) is 5.91 Å². The van der Waals surface area contributed by atoms with Gasteiger partial charge in [-0.15, -0.1) is 10.2 Å². The van der Waals surface area contributed by atoms with Gasteiger partial charge in [-0.3, -0.25) is 9.36 Å². The monoisotopic (exact) mass is 408 g/mol. The maximum atomic E-state index is 12.7. The van der Waals surface area contributed by atoms with E-state index < -0.39 is 0 Å². The summed E-state index contributed by atoms with van der Waals surface area (Å²) in [5, 5.41) is 9.57. The number of thioether (sulfide) groups is 1. The zero-order chi connectivity index (χ0) is 20.1. The highest BCUT2D eigenvalue weighted by atomic mass is 32.2. The minimum Gasteiger partial charge on any atom is -0.375 e. The predicted molar refractivity (Wildman–Crippen MR) is 113 cm³/mol. The minimum atomic E-state index is 0.0862. The fourth-order valence-corrected chi connectivity index (χ4v) is 4.26. The van der Waals surface area contributed by atoms with Gasteiger partial charge in [-0.1, -0.05) is 60.3 Å². The Morgan fingerprint density at radius 3 is 2.55 bits per heavy atom. The second kappa shape index (κ2) is 9.24. The molecule has 0 radical (unpaired) electrons. The molecule has 1 atom stereocenters. The van der Waals surface area contributed by atoms with Crippen molar-refractivity contribution in [3.63, 3.8) is 0 Å². The van der Waals surface area contributed by atoms with Gasteiger partial charge in [0.15, 0.2) is 5.16 Å². The Morgan fingerprint density at radius 1 is 1.10 bits per heavy atom. The van der Waals surface area contributed by atoms with E-state index >= 15 is 0 Å². The number of carbonyl (C=O) groups is 1. The summed E-state index contributed by atoms with van der Waals surface area (Å²) >= 11 is 1.43. The van der Waals surface area contributed by atoms with E-state index in [4.69, 9.17) is 4.74 Å². The quantitative estimate of drug-likeness (QED) is 0.586. The van der Waals surface area contributed by atoms with Crippen molar-refractivity contribution in [2.75, 3.05) is 25.4 Å². The van der Waals surface area contributed by atoms with Gasteiger partial charge in [0, 0.05) is 25.2 Å². The van der Waals surface area contributed by atoms with Crippen LogP contribution in [-0.2, 0) is 16.0 Å². The van der Waals surface area contributed by atoms with Crippen molar-refractivity contribution in [1.29, 1.82) is 0 Å². The van der Waals surface area contributed by atoms with Crippen LogP contribution in [0.2, 0.25) is 0 Å². The Labute approximate surface area is 174 Å². The van der Waals surface area contributed by atoms with E-state index in [0.717, 1.165) is 16.7 Å². The van der Waals surface area contributed by atoms with Crippen molar-refractivity contribution in [1.82, 2.24) is 19.7 Å². The molecule has 4 rings (SSSR count). The fourth-order valence-electron chi connectivity index (χ4n) is 3.39. The number of ether oxygens (including phenoxy) is 1. The Bertz CT molecular complexity index is 946. The summed E-state index contributed by atoms with van der Waals surface area (Å²) in [4.78, 5) is 14.5. The van der Waals surface area contributed by atoms with Gasteiger partial charge in [-0.2, -0.15) is 0 Å². The lowest BCUT2D eigenvalue weighted by Gasteiger charge is -2.31. The van der Waals surface area contributed by atoms with Crippen LogP contribution in [0, 0.1) is 0 Å². The number of para-hydroxylation sites is 1. The Balaban J connectivity index is 1.54. The molecule has 1 aromatic heterocycles. The summed E-state index contributed by atoms with van der Waals surface area (Å²) in [7, 11) is 0. The SMILES string of the molecule is CC1CN(C(=O)CSc2nnc(Cc3ccccc3)n2-c2ccccc2)CCO1. The zero-order valence-corrected chi connectivity index (χ0v) is 17.2. The first-order chi connectivity index (χ1) is 14.2. The minimum absolute atomic E-state index is 0.0862. The third-order valence-electron chi connectivity index (χ3n) is 4.84. The number of amides is 1. The molecule has 1 aliphatic rings. The molecule has 2 aromatic carbocycles. The first kappa shape index (κ1) is 19.7. The van der Waals surface area contributed by atoms with Crippen molar-refractivity contribution in [2.45, 2.75) is 24.6 Å². The predicted octanol–water partition coefficient (Wildman–Crippen LogP) is 3.20. The first-order valence-corrected chi connectivity index (χ1v) is 10.7. The second-order valence-corrected chi connectivity index (χ2v) is 7.98. The van der Waals surface area contributed by atoms with Crippen molar-refractivity contribution in [2.24, 2.45) is 0 Å². The van der Waals surface area contributed by atoms with Crippen molar-refractivity contribution in [3.05, 3.63) is 72.1 Å². The molecule has 1 amide bonds. The molecule has 0 N–H and O–H groups in total. The molecule has 3 aromatic rings. The number of hydrogen-bond donors (Lipinski definition) is 0. The molecule has 0 spiro atoms. The van der Waals surface area contributed by atoms with Crippen molar-refractivity contribution >= 4 is 17.7 Å². The topological polar surface area (TPSA) is 60.2 Å². The highest BCUT2D eigenvalue weighted by Gasteiger charge is 2.23. The third-order valence-corrected chi connectivity index (χ3v) is 5.75. The zero-order valence-electron chi connectivity index (χ0n) is 16.4. The highest BCUT2D eigenvalue weighted by molar-refractivity contribution is 7.99. The van der Waals surface area contributed by atoms with Crippen LogP contribution in [0.4, 0.5) is 0 Å². The molecular weight excluding hydrogens is 384 g/mol. The molecule has 1 unspecified atom stereocenters. The normalized spacial score (nSPS) is 16.7. The number of benzene rings is 2. The van der Waals surface area contributed by atoms with Crippen LogP contribution in [0.3, 0.4) is 0 Å². The fraction of sp³-hybridized carbons (Fsp3) is 0.318. The number of carbonyl (C=O) groups excluding carboxylic acids is 1. The van der Waals surface area contributed by atoms with Crippen LogP contribution in [0.1, 0.15) is 18.3 Å². The van der Waals surface area contributed by atoms with Crippen LogP contribution < -0.4 is 0 Å². The standard InChI is InChI=1S/C22H24N4O2S/c1-17-15-25(12-13-28-17)21(27)16-29-22-24-23-20(14-18-8-4-2-5-9-18)26(22)19-10-6-3-7-11-19/h2-11,17H,12-16H2,1H3. The number of morpholine rings is 1. The molecule has 1 aliphatic heterocycles. The summed E-state index contributed by atoms with van der Waals surface area (Å²) in [5.41, 5.74) is 2.17. The average molecular weight is 409 g/mol. The second-order valence-electron chi connectivity index (χ2n) is 7.04.